The summed E-state index contributed by atoms with van der Waals surface area (Å²) in [5.41, 5.74) is 1.95. The number of aliphatic hydroxyl groups is 1. The Morgan fingerprint density at radius 1 is 1.15 bits per heavy atom. The number of halogens is 1. The van der Waals surface area contributed by atoms with E-state index in [1.165, 1.54) is 0 Å². The van der Waals surface area contributed by atoms with Crippen molar-refractivity contribution in [2.45, 2.75) is 59.6 Å². The molecule has 20 heavy (non-hydrogen) atoms. The minimum Gasteiger partial charge on any atom is -0.389 e. The highest BCUT2D eigenvalue weighted by molar-refractivity contribution is 6.33. The highest BCUT2D eigenvalue weighted by Crippen LogP contribution is 2.32. The van der Waals surface area contributed by atoms with E-state index in [0.717, 1.165) is 35.7 Å². The average molecular weight is 298 g/mol. The first-order valence-electron chi connectivity index (χ1n) is 7.64. The summed E-state index contributed by atoms with van der Waals surface area (Å²) in [5.74, 6) is 0.586. The van der Waals surface area contributed by atoms with Crippen molar-refractivity contribution in [1.29, 1.82) is 0 Å². The van der Waals surface area contributed by atoms with Crippen LogP contribution in [0.1, 0.15) is 59.1 Å². The van der Waals surface area contributed by atoms with Crippen LogP contribution < -0.4 is 4.90 Å². The Balaban J connectivity index is 3.13. The molecule has 0 saturated heterocycles. The first-order valence-corrected chi connectivity index (χ1v) is 8.02. The van der Waals surface area contributed by atoms with Gasteiger partial charge in [0.25, 0.3) is 0 Å². The Morgan fingerprint density at radius 2 is 1.75 bits per heavy atom. The maximum absolute atomic E-state index is 9.65. The normalized spacial score (nSPS) is 13.1. The second kappa shape index (κ2) is 7.90. The van der Waals surface area contributed by atoms with Gasteiger partial charge in [-0.25, -0.2) is 0 Å². The third-order valence-corrected chi connectivity index (χ3v) is 4.01. The molecule has 0 aromatic heterocycles. The molecule has 0 amide bonds. The summed E-state index contributed by atoms with van der Waals surface area (Å²) in [6.45, 7) is 11.7. The molecule has 3 heteroatoms. The van der Waals surface area contributed by atoms with Crippen molar-refractivity contribution >= 4 is 17.3 Å². The molecule has 0 aliphatic heterocycles. The van der Waals surface area contributed by atoms with Gasteiger partial charge in [-0.15, -0.1) is 0 Å². The van der Waals surface area contributed by atoms with E-state index < -0.39 is 6.10 Å². The van der Waals surface area contributed by atoms with Crippen LogP contribution in [0.15, 0.2) is 18.2 Å². The SMILES string of the molecule is CCC(CC)N(CC(C)C)c1ccc([C@H](C)O)cc1Cl. The average Bonchev–Trinajstić information content (AvgIpc) is 2.38. The van der Waals surface area contributed by atoms with Gasteiger partial charge >= 0.3 is 0 Å². The molecule has 0 bridgehead atoms. The van der Waals surface area contributed by atoms with Crippen molar-refractivity contribution in [3.63, 3.8) is 0 Å². The number of nitrogens with zero attached hydrogens (tertiary/aromatic N) is 1. The Morgan fingerprint density at radius 3 is 2.15 bits per heavy atom. The zero-order valence-corrected chi connectivity index (χ0v) is 14.1. The predicted molar refractivity (Wildman–Crippen MR) is 88.6 cm³/mol. The molecule has 1 rings (SSSR count). The van der Waals surface area contributed by atoms with Crippen molar-refractivity contribution in [1.82, 2.24) is 0 Å². The molecule has 114 valence electrons. The quantitative estimate of drug-likeness (QED) is 0.762. The van der Waals surface area contributed by atoms with Crippen molar-refractivity contribution in [2.24, 2.45) is 5.92 Å². The van der Waals surface area contributed by atoms with Gasteiger partial charge in [-0.3, -0.25) is 0 Å². The number of anilines is 1. The third-order valence-electron chi connectivity index (χ3n) is 3.71. The zero-order valence-electron chi connectivity index (χ0n) is 13.4. The van der Waals surface area contributed by atoms with Gasteiger partial charge < -0.3 is 10.0 Å². The van der Waals surface area contributed by atoms with Gasteiger partial charge in [0.2, 0.25) is 0 Å². The Bertz CT molecular complexity index is 413. The second-order valence-electron chi connectivity index (χ2n) is 5.90. The summed E-state index contributed by atoms with van der Waals surface area (Å²) in [4.78, 5) is 2.42. The van der Waals surface area contributed by atoms with Crippen molar-refractivity contribution in [3.05, 3.63) is 28.8 Å². The maximum Gasteiger partial charge on any atom is 0.0762 e. The summed E-state index contributed by atoms with van der Waals surface area (Å²) < 4.78 is 0. The predicted octanol–water partition coefficient (Wildman–Crippen LogP) is 5.04. The number of aliphatic hydroxyl groups excluding tert-OH is 1. The fourth-order valence-corrected chi connectivity index (χ4v) is 2.88. The molecule has 0 spiro atoms. The lowest BCUT2D eigenvalue weighted by atomic mass is 10.0. The lowest BCUT2D eigenvalue weighted by molar-refractivity contribution is 0.199. The van der Waals surface area contributed by atoms with Crippen molar-refractivity contribution in [3.8, 4) is 0 Å². The van der Waals surface area contributed by atoms with Gasteiger partial charge in [-0.2, -0.15) is 0 Å². The fraction of sp³-hybridized carbons (Fsp3) is 0.647. The monoisotopic (exact) mass is 297 g/mol. The molecule has 0 fully saturated rings. The van der Waals surface area contributed by atoms with E-state index in [1.807, 2.05) is 18.2 Å². The van der Waals surface area contributed by atoms with Gasteiger partial charge in [0.15, 0.2) is 0 Å². The minimum absolute atomic E-state index is 0.478. The molecule has 1 atom stereocenters. The molecular weight excluding hydrogens is 270 g/mol. The van der Waals surface area contributed by atoms with Crippen LogP contribution in [0.5, 0.6) is 0 Å². The molecule has 0 unspecified atom stereocenters. The molecule has 1 aromatic rings. The molecule has 0 aliphatic carbocycles. The Kier molecular flexibility index (Phi) is 6.84. The number of benzene rings is 1. The lowest BCUT2D eigenvalue weighted by Gasteiger charge is -2.35. The van der Waals surface area contributed by atoms with E-state index in [0.29, 0.717) is 12.0 Å². The molecule has 0 saturated carbocycles. The largest absolute Gasteiger partial charge is 0.389 e. The van der Waals surface area contributed by atoms with Gasteiger partial charge in [-0.1, -0.05) is 45.4 Å². The van der Waals surface area contributed by atoms with Crippen LogP contribution in [0.4, 0.5) is 5.69 Å². The smallest absolute Gasteiger partial charge is 0.0762 e. The van der Waals surface area contributed by atoms with E-state index in [-0.39, 0.29) is 0 Å². The highest BCUT2D eigenvalue weighted by Gasteiger charge is 2.19. The van der Waals surface area contributed by atoms with Crippen LogP contribution in [0, 0.1) is 5.92 Å². The summed E-state index contributed by atoms with van der Waals surface area (Å²) in [6.07, 6.45) is 1.74. The van der Waals surface area contributed by atoms with E-state index in [2.05, 4.69) is 32.6 Å². The lowest BCUT2D eigenvalue weighted by Crippen LogP contribution is -2.37. The number of hydrogen-bond donors (Lipinski definition) is 1. The molecular formula is C17H28ClNO. The van der Waals surface area contributed by atoms with Gasteiger partial charge in [0, 0.05) is 12.6 Å². The van der Waals surface area contributed by atoms with Crippen molar-refractivity contribution < 1.29 is 5.11 Å². The second-order valence-corrected chi connectivity index (χ2v) is 6.31. The molecule has 0 radical (unpaired) electrons. The Labute approximate surface area is 128 Å². The summed E-state index contributed by atoms with van der Waals surface area (Å²) in [6, 6.07) is 6.41. The fourth-order valence-electron chi connectivity index (χ4n) is 2.58. The van der Waals surface area contributed by atoms with Crippen molar-refractivity contribution in [2.75, 3.05) is 11.4 Å². The van der Waals surface area contributed by atoms with E-state index in [1.54, 1.807) is 6.92 Å². The van der Waals surface area contributed by atoms with Gasteiger partial charge in [0.05, 0.1) is 16.8 Å². The van der Waals surface area contributed by atoms with E-state index in [4.69, 9.17) is 11.6 Å². The first-order chi connectivity index (χ1) is 9.40. The molecule has 0 aliphatic rings. The molecule has 1 aromatic carbocycles. The van der Waals surface area contributed by atoms with Crippen LogP contribution >= 0.6 is 11.6 Å². The van der Waals surface area contributed by atoms with Crippen LogP contribution in [0.2, 0.25) is 5.02 Å². The standard InChI is InChI=1S/C17H28ClNO/c1-6-15(7-2)19(11-12(3)4)17-9-8-14(13(5)20)10-16(17)18/h8-10,12-13,15,20H,6-7,11H2,1-5H3/t13-/m0/s1. The zero-order chi connectivity index (χ0) is 15.3. The topological polar surface area (TPSA) is 23.5 Å². The maximum atomic E-state index is 9.65. The van der Waals surface area contributed by atoms with Gasteiger partial charge in [-0.05, 0) is 43.4 Å². The van der Waals surface area contributed by atoms with E-state index >= 15 is 0 Å². The number of rotatable bonds is 7. The Hall–Kier alpha value is -0.730. The number of hydrogen-bond acceptors (Lipinski definition) is 2. The highest BCUT2D eigenvalue weighted by atomic mass is 35.5. The summed E-state index contributed by atoms with van der Waals surface area (Å²) in [7, 11) is 0. The third kappa shape index (κ3) is 4.39. The molecule has 0 heterocycles. The first kappa shape index (κ1) is 17.3. The summed E-state index contributed by atoms with van der Waals surface area (Å²) in [5, 5.41) is 10.4. The van der Waals surface area contributed by atoms with E-state index in [9.17, 15) is 5.11 Å². The minimum atomic E-state index is -0.478. The van der Waals surface area contributed by atoms with Gasteiger partial charge in [0.1, 0.15) is 0 Å². The van der Waals surface area contributed by atoms with Crippen LogP contribution in [0.3, 0.4) is 0 Å². The van der Waals surface area contributed by atoms with Crippen LogP contribution in [-0.2, 0) is 0 Å². The molecule has 1 N–H and O–H groups in total. The van der Waals surface area contributed by atoms with Crippen LogP contribution in [-0.4, -0.2) is 17.7 Å². The van der Waals surface area contributed by atoms with Crippen LogP contribution in [0.25, 0.3) is 0 Å². The molecule has 2 nitrogen and oxygen atoms in total. The summed E-state index contributed by atoms with van der Waals surface area (Å²) >= 11 is 6.46.